The SMILES string of the molecule is COSCCC[n+]1cc(C(=O)N(C)OCC(=O)O)cc2c1N=C(C)C2(C)C. The highest BCUT2D eigenvalue weighted by Crippen LogP contribution is 2.38. The number of aromatic nitrogens is 1. The largest absolute Gasteiger partial charge is 0.479 e. The number of carbonyl (C=O) groups is 2. The maximum absolute atomic E-state index is 12.7. The summed E-state index contributed by atoms with van der Waals surface area (Å²) in [4.78, 5) is 33.1. The van der Waals surface area contributed by atoms with Gasteiger partial charge in [-0.2, -0.15) is 0 Å². The molecule has 148 valence electrons. The summed E-state index contributed by atoms with van der Waals surface area (Å²) in [6.07, 6.45) is 2.60. The molecule has 1 aromatic heterocycles. The Morgan fingerprint density at radius 1 is 1.41 bits per heavy atom. The first-order valence-corrected chi connectivity index (χ1v) is 9.51. The van der Waals surface area contributed by atoms with Crippen LogP contribution in [-0.2, 0) is 25.8 Å². The van der Waals surface area contributed by atoms with Gasteiger partial charge >= 0.3 is 11.8 Å². The molecule has 0 radical (unpaired) electrons. The van der Waals surface area contributed by atoms with Gasteiger partial charge in [-0.15, -0.1) is 0 Å². The van der Waals surface area contributed by atoms with Crippen molar-refractivity contribution in [1.29, 1.82) is 0 Å². The van der Waals surface area contributed by atoms with Gasteiger partial charge in [0.05, 0.1) is 30.2 Å². The molecule has 0 saturated carbocycles. The lowest BCUT2D eigenvalue weighted by atomic mass is 9.82. The minimum Gasteiger partial charge on any atom is -0.479 e. The molecular weight excluding hydrogens is 370 g/mol. The average Bonchev–Trinajstić information content (AvgIpc) is 2.85. The van der Waals surface area contributed by atoms with Gasteiger partial charge in [0.2, 0.25) is 0 Å². The number of pyridine rings is 1. The fourth-order valence-electron chi connectivity index (χ4n) is 2.78. The van der Waals surface area contributed by atoms with Crippen molar-refractivity contribution in [3.63, 3.8) is 0 Å². The first kappa shape index (κ1) is 21.3. The van der Waals surface area contributed by atoms with Crippen molar-refractivity contribution in [3.8, 4) is 0 Å². The number of rotatable bonds is 9. The fraction of sp³-hybridized carbons (Fsp3) is 0.556. The Morgan fingerprint density at radius 2 is 2.11 bits per heavy atom. The van der Waals surface area contributed by atoms with E-state index in [2.05, 4.69) is 13.8 Å². The van der Waals surface area contributed by atoms with E-state index in [0.29, 0.717) is 12.1 Å². The molecule has 0 unspecified atom stereocenters. The molecule has 0 aromatic carbocycles. The normalized spacial score (nSPS) is 14.6. The maximum atomic E-state index is 12.7. The van der Waals surface area contributed by atoms with E-state index in [1.165, 1.54) is 19.1 Å². The Balaban J connectivity index is 2.33. The molecule has 1 aliphatic heterocycles. The molecule has 8 nitrogen and oxygen atoms in total. The lowest BCUT2D eigenvalue weighted by Gasteiger charge is -2.19. The van der Waals surface area contributed by atoms with Gasteiger partial charge in [-0.3, -0.25) is 9.63 Å². The molecule has 27 heavy (non-hydrogen) atoms. The van der Waals surface area contributed by atoms with Crippen molar-refractivity contribution >= 4 is 35.4 Å². The van der Waals surface area contributed by atoms with Gasteiger partial charge in [-0.05, 0) is 50.3 Å². The van der Waals surface area contributed by atoms with Crippen LogP contribution in [0.5, 0.6) is 0 Å². The number of aliphatic imine (C=N–C) groups is 1. The third-order valence-corrected chi connectivity index (χ3v) is 5.31. The number of nitrogens with zero attached hydrogens (tertiary/aromatic N) is 3. The Kier molecular flexibility index (Phi) is 6.96. The summed E-state index contributed by atoms with van der Waals surface area (Å²) in [5.74, 6) is 0.133. The minimum atomic E-state index is -1.14. The second-order valence-corrected chi connectivity index (χ2v) is 7.77. The number of hydrogen-bond acceptors (Lipinski definition) is 6. The van der Waals surface area contributed by atoms with E-state index >= 15 is 0 Å². The van der Waals surface area contributed by atoms with Crippen LogP contribution in [0.4, 0.5) is 5.82 Å². The van der Waals surface area contributed by atoms with Crippen LogP contribution < -0.4 is 4.57 Å². The topological polar surface area (TPSA) is 92.3 Å². The third kappa shape index (κ3) is 4.85. The number of hydroxylamine groups is 2. The zero-order chi connectivity index (χ0) is 20.2. The molecule has 0 atom stereocenters. The van der Waals surface area contributed by atoms with E-state index in [9.17, 15) is 9.59 Å². The van der Waals surface area contributed by atoms with Gasteiger partial charge < -0.3 is 9.29 Å². The van der Waals surface area contributed by atoms with Crippen LogP contribution in [0.15, 0.2) is 17.3 Å². The Bertz CT molecular complexity index is 764. The van der Waals surface area contributed by atoms with Gasteiger partial charge in [0.1, 0.15) is 11.9 Å². The lowest BCUT2D eigenvalue weighted by molar-refractivity contribution is -0.684. The zero-order valence-electron chi connectivity index (χ0n) is 16.3. The number of carboxylic acids is 1. The van der Waals surface area contributed by atoms with Crippen LogP contribution in [0.25, 0.3) is 0 Å². The minimum absolute atomic E-state index is 0.283. The summed E-state index contributed by atoms with van der Waals surface area (Å²) in [7, 11) is 3.04. The molecule has 0 aliphatic carbocycles. The van der Waals surface area contributed by atoms with E-state index in [1.807, 2.05) is 17.6 Å². The molecule has 1 aliphatic rings. The van der Waals surface area contributed by atoms with Crippen molar-refractivity contribution in [1.82, 2.24) is 5.06 Å². The molecule has 1 N–H and O–H groups in total. The molecule has 0 fully saturated rings. The van der Waals surface area contributed by atoms with Crippen molar-refractivity contribution < 1.29 is 28.3 Å². The first-order chi connectivity index (χ1) is 12.7. The van der Waals surface area contributed by atoms with Gasteiger partial charge in [0, 0.05) is 12.8 Å². The Hall–Kier alpha value is -1.97. The summed E-state index contributed by atoms with van der Waals surface area (Å²) in [5.41, 5.74) is 2.10. The number of amides is 1. The van der Waals surface area contributed by atoms with Crippen LogP contribution in [0, 0.1) is 0 Å². The number of carbonyl (C=O) groups excluding carboxylic acids is 1. The van der Waals surface area contributed by atoms with Crippen molar-refractivity contribution in [2.75, 3.05) is 26.5 Å². The van der Waals surface area contributed by atoms with Crippen LogP contribution in [-0.4, -0.2) is 54.3 Å². The quantitative estimate of drug-likeness (QED) is 0.298. The Morgan fingerprint density at radius 3 is 2.74 bits per heavy atom. The van der Waals surface area contributed by atoms with Crippen molar-refractivity contribution in [2.24, 2.45) is 4.99 Å². The number of carboxylic acid groups (broad SMARTS) is 1. The molecule has 9 heteroatoms. The van der Waals surface area contributed by atoms with E-state index in [0.717, 1.165) is 34.3 Å². The van der Waals surface area contributed by atoms with Gasteiger partial charge in [-0.1, -0.05) is 0 Å². The van der Waals surface area contributed by atoms with Gasteiger partial charge in [0.25, 0.3) is 5.91 Å². The zero-order valence-corrected chi connectivity index (χ0v) is 17.1. The van der Waals surface area contributed by atoms with Gasteiger partial charge in [0.15, 0.2) is 6.61 Å². The van der Waals surface area contributed by atoms with E-state index < -0.39 is 18.5 Å². The highest BCUT2D eigenvalue weighted by molar-refractivity contribution is 7.94. The highest BCUT2D eigenvalue weighted by atomic mass is 32.2. The maximum Gasteiger partial charge on any atom is 0.332 e. The molecule has 0 bridgehead atoms. The highest BCUT2D eigenvalue weighted by Gasteiger charge is 2.41. The number of hydrogen-bond donors (Lipinski definition) is 1. The second-order valence-electron chi connectivity index (χ2n) is 6.79. The molecule has 2 heterocycles. The van der Waals surface area contributed by atoms with E-state index in [1.54, 1.807) is 13.3 Å². The van der Waals surface area contributed by atoms with Crippen molar-refractivity contribution in [2.45, 2.75) is 39.2 Å². The number of aliphatic carboxylic acids is 1. The third-order valence-electron chi connectivity index (χ3n) is 4.62. The molecular formula is C18H26N3O5S+. The Labute approximate surface area is 163 Å². The van der Waals surface area contributed by atoms with E-state index in [4.69, 9.17) is 19.1 Å². The summed E-state index contributed by atoms with van der Waals surface area (Å²) in [6, 6.07) is 1.82. The number of fused-ring (bicyclic) bond motifs is 1. The van der Waals surface area contributed by atoms with Crippen LogP contribution >= 0.6 is 12.0 Å². The second kappa shape index (κ2) is 8.81. The average molecular weight is 396 g/mol. The monoisotopic (exact) mass is 396 g/mol. The van der Waals surface area contributed by atoms with E-state index in [-0.39, 0.29) is 5.41 Å². The standard InChI is InChI=1S/C18H25N3O5S/c1-12-18(2,3)14-9-13(17(24)20(4)26-11-15(22)23)10-21(16(14)19-12)7-6-8-27-25-5/h9-10H,6-8,11H2,1-5H3/p+1. The number of aryl methyl sites for hydroxylation is 1. The summed E-state index contributed by atoms with van der Waals surface area (Å²) in [6.45, 7) is 6.24. The first-order valence-electron chi connectivity index (χ1n) is 8.60. The molecule has 0 saturated heterocycles. The van der Waals surface area contributed by atoms with Gasteiger partial charge in [-0.25, -0.2) is 14.4 Å². The molecule has 2 rings (SSSR count). The summed E-state index contributed by atoms with van der Waals surface area (Å²) < 4.78 is 6.99. The summed E-state index contributed by atoms with van der Waals surface area (Å²) in [5, 5.41) is 9.68. The molecule has 0 spiro atoms. The molecule has 1 aromatic rings. The van der Waals surface area contributed by atoms with Crippen LogP contribution in [0.1, 0.15) is 43.1 Å². The lowest BCUT2D eigenvalue weighted by Crippen LogP contribution is -2.38. The molecule has 1 amide bonds. The predicted molar refractivity (Wildman–Crippen MR) is 102 cm³/mol. The van der Waals surface area contributed by atoms with Crippen LogP contribution in [0.2, 0.25) is 0 Å². The van der Waals surface area contributed by atoms with Crippen LogP contribution in [0.3, 0.4) is 0 Å². The smallest absolute Gasteiger partial charge is 0.332 e. The van der Waals surface area contributed by atoms with Crippen molar-refractivity contribution in [3.05, 3.63) is 23.4 Å². The fourth-order valence-corrected chi connectivity index (χ4v) is 3.19. The predicted octanol–water partition coefficient (Wildman–Crippen LogP) is 2.13. The summed E-state index contributed by atoms with van der Waals surface area (Å²) >= 11 is 1.39.